The number of nitrogens with two attached hydrogens (primary N) is 1. The highest BCUT2D eigenvalue weighted by atomic mass is 35.5. The third-order valence-electron chi connectivity index (χ3n) is 4.92. The molecule has 0 unspecified atom stereocenters. The number of carbonyl (C=O) groups excluding carboxylic acids is 1. The second-order valence-electron chi connectivity index (χ2n) is 7.91. The van der Waals surface area contributed by atoms with Crippen LogP contribution in [-0.4, -0.2) is 47.4 Å². The van der Waals surface area contributed by atoms with Gasteiger partial charge in [-0.1, -0.05) is 42.5 Å². The lowest BCUT2D eigenvalue weighted by Crippen LogP contribution is -2.45. The molecule has 0 saturated carbocycles. The van der Waals surface area contributed by atoms with Gasteiger partial charge in [-0.3, -0.25) is 14.6 Å². The fourth-order valence-electron chi connectivity index (χ4n) is 3.19. The van der Waals surface area contributed by atoms with E-state index in [2.05, 4.69) is 57.6 Å². The van der Waals surface area contributed by atoms with Crippen LogP contribution in [0.1, 0.15) is 25.0 Å². The van der Waals surface area contributed by atoms with Crippen molar-refractivity contribution in [1.29, 1.82) is 0 Å². The van der Waals surface area contributed by atoms with Gasteiger partial charge in [-0.15, -0.1) is 37.2 Å². The van der Waals surface area contributed by atoms with Gasteiger partial charge in [0.2, 0.25) is 5.91 Å². The molecule has 168 valence electrons. The maximum Gasteiger partial charge on any atom is 0.243 e. The summed E-state index contributed by atoms with van der Waals surface area (Å²) in [5.41, 5.74) is 8.37. The Morgan fingerprint density at radius 2 is 1.27 bits per heavy atom. The van der Waals surface area contributed by atoms with Gasteiger partial charge in [0, 0.05) is 45.0 Å². The predicted molar refractivity (Wildman–Crippen MR) is 132 cm³/mol. The lowest BCUT2D eigenvalue weighted by molar-refractivity contribution is -0.120. The number of hydrogen-bond donors (Lipinski definition) is 2. The van der Waals surface area contributed by atoms with Crippen molar-refractivity contribution in [2.45, 2.75) is 32.5 Å². The van der Waals surface area contributed by atoms with Gasteiger partial charge in [0.25, 0.3) is 0 Å². The first-order valence-electron chi connectivity index (χ1n) is 9.58. The molecule has 0 aliphatic carbocycles. The van der Waals surface area contributed by atoms with E-state index < -0.39 is 5.54 Å². The molecule has 0 bridgehead atoms. The zero-order valence-electron chi connectivity index (χ0n) is 17.5. The van der Waals surface area contributed by atoms with E-state index in [4.69, 9.17) is 5.73 Å². The van der Waals surface area contributed by atoms with Crippen LogP contribution < -0.4 is 11.1 Å². The summed E-state index contributed by atoms with van der Waals surface area (Å²) in [7, 11) is 0. The largest absolute Gasteiger partial charge is 0.325 e. The smallest absolute Gasteiger partial charge is 0.243 e. The fraction of sp³-hybridized carbons (Fsp3) is 0.409. The number of anilines is 1. The van der Waals surface area contributed by atoms with Crippen molar-refractivity contribution in [1.82, 2.24) is 9.80 Å². The number of carbonyl (C=O) groups is 1. The highest BCUT2D eigenvalue weighted by molar-refractivity contribution is 5.97. The summed E-state index contributed by atoms with van der Waals surface area (Å²) in [6.07, 6.45) is 0. The molecule has 2 aromatic rings. The monoisotopic (exact) mass is 474 g/mol. The lowest BCUT2D eigenvalue weighted by Gasteiger charge is -2.34. The van der Waals surface area contributed by atoms with E-state index in [0.29, 0.717) is 0 Å². The zero-order chi connectivity index (χ0) is 19.3. The van der Waals surface area contributed by atoms with E-state index in [-0.39, 0.29) is 43.1 Å². The SMILES string of the molecule is CC(C)(N)C(=O)Nc1ccc(CN2CCN(Cc3ccccc3)CC2)cc1.Cl.Cl.Cl. The van der Waals surface area contributed by atoms with Crippen molar-refractivity contribution < 1.29 is 4.79 Å². The van der Waals surface area contributed by atoms with Crippen LogP contribution in [0.5, 0.6) is 0 Å². The minimum absolute atomic E-state index is 0. The maximum absolute atomic E-state index is 11.9. The number of amides is 1. The molecule has 8 heteroatoms. The normalized spacial score (nSPS) is 14.6. The highest BCUT2D eigenvalue weighted by Crippen LogP contribution is 2.15. The second kappa shape index (κ2) is 13.2. The molecule has 0 aromatic heterocycles. The van der Waals surface area contributed by atoms with Crippen molar-refractivity contribution in [2.75, 3.05) is 31.5 Å². The van der Waals surface area contributed by atoms with Gasteiger partial charge < -0.3 is 11.1 Å². The molecular weight excluding hydrogens is 443 g/mol. The van der Waals surface area contributed by atoms with Crippen LogP contribution in [0.15, 0.2) is 54.6 Å². The van der Waals surface area contributed by atoms with Crippen LogP contribution in [-0.2, 0) is 17.9 Å². The van der Waals surface area contributed by atoms with Crippen LogP contribution in [0, 0.1) is 0 Å². The Labute approximate surface area is 198 Å². The van der Waals surface area contributed by atoms with Crippen LogP contribution >= 0.6 is 37.2 Å². The Kier molecular flexibility index (Phi) is 12.6. The highest BCUT2D eigenvalue weighted by Gasteiger charge is 2.22. The molecule has 3 N–H and O–H groups in total. The molecule has 0 atom stereocenters. The Balaban J connectivity index is 0.00000280. The summed E-state index contributed by atoms with van der Waals surface area (Å²) in [6, 6.07) is 18.7. The van der Waals surface area contributed by atoms with E-state index in [1.165, 1.54) is 11.1 Å². The molecule has 0 radical (unpaired) electrons. The minimum Gasteiger partial charge on any atom is -0.325 e. The van der Waals surface area contributed by atoms with Crippen molar-refractivity contribution in [3.63, 3.8) is 0 Å². The Bertz CT molecular complexity index is 743. The van der Waals surface area contributed by atoms with Gasteiger partial charge in [-0.05, 0) is 37.1 Å². The molecule has 1 amide bonds. The number of benzene rings is 2. The average molecular weight is 476 g/mol. The van der Waals surface area contributed by atoms with Gasteiger partial charge in [-0.2, -0.15) is 0 Å². The first kappa shape index (κ1) is 28.7. The molecule has 1 aliphatic rings. The lowest BCUT2D eigenvalue weighted by atomic mass is 10.1. The van der Waals surface area contributed by atoms with Crippen molar-refractivity contribution in [3.8, 4) is 0 Å². The summed E-state index contributed by atoms with van der Waals surface area (Å²) in [5.74, 6) is -0.176. The van der Waals surface area contributed by atoms with Gasteiger partial charge in [-0.25, -0.2) is 0 Å². The van der Waals surface area contributed by atoms with E-state index in [0.717, 1.165) is 45.0 Å². The molecular formula is C22H33Cl3N4O. The third-order valence-corrected chi connectivity index (χ3v) is 4.92. The van der Waals surface area contributed by atoms with Gasteiger partial charge >= 0.3 is 0 Å². The molecule has 1 fully saturated rings. The molecule has 30 heavy (non-hydrogen) atoms. The second-order valence-corrected chi connectivity index (χ2v) is 7.91. The molecule has 5 nitrogen and oxygen atoms in total. The summed E-state index contributed by atoms with van der Waals surface area (Å²) >= 11 is 0. The summed E-state index contributed by atoms with van der Waals surface area (Å²) in [4.78, 5) is 16.9. The first-order valence-corrected chi connectivity index (χ1v) is 9.58. The molecule has 0 spiro atoms. The Morgan fingerprint density at radius 3 is 1.70 bits per heavy atom. The van der Waals surface area contributed by atoms with Crippen LogP contribution in [0.4, 0.5) is 5.69 Å². The van der Waals surface area contributed by atoms with Gasteiger partial charge in [0.05, 0.1) is 5.54 Å². The molecule has 1 saturated heterocycles. The molecule has 1 aliphatic heterocycles. The number of nitrogens with zero attached hydrogens (tertiary/aromatic N) is 2. The zero-order valence-corrected chi connectivity index (χ0v) is 20.0. The van der Waals surface area contributed by atoms with Crippen LogP contribution in [0.3, 0.4) is 0 Å². The molecule has 3 rings (SSSR count). The maximum atomic E-state index is 11.9. The quantitative estimate of drug-likeness (QED) is 0.664. The van der Waals surface area contributed by atoms with Crippen molar-refractivity contribution in [2.24, 2.45) is 5.73 Å². The van der Waals surface area contributed by atoms with Crippen LogP contribution in [0.25, 0.3) is 0 Å². The number of piperazine rings is 1. The Hall–Kier alpha value is -1.34. The van der Waals surface area contributed by atoms with Crippen molar-refractivity contribution in [3.05, 3.63) is 65.7 Å². The van der Waals surface area contributed by atoms with Gasteiger partial charge in [0.15, 0.2) is 0 Å². The number of hydrogen-bond acceptors (Lipinski definition) is 4. The minimum atomic E-state index is -0.877. The number of nitrogens with one attached hydrogen (secondary N) is 1. The number of rotatable bonds is 6. The fourth-order valence-corrected chi connectivity index (χ4v) is 3.19. The topological polar surface area (TPSA) is 61.6 Å². The average Bonchev–Trinajstić information content (AvgIpc) is 2.65. The van der Waals surface area contributed by atoms with Crippen molar-refractivity contribution >= 4 is 48.8 Å². The molecule has 2 aromatic carbocycles. The van der Waals surface area contributed by atoms with E-state index in [9.17, 15) is 4.79 Å². The standard InChI is InChI=1S/C22H30N4O.3ClH/c1-22(2,23)21(27)24-20-10-8-19(9-11-20)17-26-14-12-25(13-15-26)16-18-6-4-3-5-7-18;;;/h3-11H,12-17,23H2,1-2H3,(H,24,27);3*1H. The van der Waals surface area contributed by atoms with E-state index >= 15 is 0 Å². The van der Waals surface area contributed by atoms with E-state index in [1.807, 2.05) is 12.1 Å². The Morgan fingerprint density at radius 1 is 0.833 bits per heavy atom. The molecule has 1 heterocycles. The summed E-state index contributed by atoms with van der Waals surface area (Å²) < 4.78 is 0. The van der Waals surface area contributed by atoms with E-state index in [1.54, 1.807) is 13.8 Å². The van der Waals surface area contributed by atoms with Gasteiger partial charge in [0.1, 0.15) is 0 Å². The van der Waals surface area contributed by atoms with Crippen LogP contribution in [0.2, 0.25) is 0 Å². The summed E-state index contributed by atoms with van der Waals surface area (Å²) in [5, 5.41) is 2.86. The third kappa shape index (κ3) is 8.80. The first-order chi connectivity index (χ1) is 12.9. The predicted octanol–water partition coefficient (Wildman–Crippen LogP) is 3.95. The number of halogens is 3. The summed E-state index contributed by atoms with van der Waals surface area (Å²) in [6.45, 7) is 9.71.